The van der Waals surface area contributed by atoms with Crippen molar-refractivity contribution in [1.29, 1.82) is 0 Å². The van der Waals surface area contributed by atoms with Gasteiger partial charge in [0.05, 0.1) is 18.7 Å². The Kier molecular flexibility index (Phi) is 10.7. The summed E-state index contributed by atoms with van der Waals surface area (Å²) >= 11 is 7.31. The van der Waals surface area contributed by atoms with Gasteiger partial charge in [0.2, 0.25) is 5.91 Å². The van der Waals surface area contributed by atoms with Crippen LogP contribution < -0.4 is 10.6 Å². The monoisotopic (exact) mass is 470 g/mol. The first-order valence-corrected chi connectivity index (χ1v) is 10.2. The Hall–Kier alpha value is -2.95. The van der Waals surface area contributed by atoms with Gasteiger partial charge in [0, 0.05) is 16.4 Å². The summed E-state index contributed by atoms with van der Waals surface area (Å²) in [6.07, 6.45) is 0. The third kappa shape index (κ3) is 8.75. The molecule has 1 aromatic carbocycles. The van der Waals surface area contributed by atoms with Crippen LogP contribution in [0.3, 0.4) is 0 Å². The van der Waals surface area contributed by atoms with Gasteiger partial charge in [0.1, 0.15) is 5.00 Å². The molecule has 0 aliphatic rings. The zero-order chi connectivity index (χ0) is 23.6. The molecule has 0 unspecified atom stereocenters. The molecule has 168 valence electrons. The molecular formula is C20H23ClN2O7S. The number of rotatable bonds is 7. The summed E-state index contributed by atoms with van der Waals surface area (Å²) < 4.78 is 5.08. The van der Waals surface area contributed by atoms with E-state index >= 15 is 0 Å². The molecule has 0 spiro atoms. The van der Waals surface area contributed by atoms with Gasteiger partial charge in [-0.05, 0) is 44.0 Å². The number of nitrogens with one attached hydrogen (secondary N) is 2. The minimum Gasteiger partial charge on any atom is -0.473 e. The number of carboxylic acid groups (broad SMARTS) is 2. The van der Waals surface area contributed by atoms with Gasteiger partial charge < -0.3 is 25.6 Å². The number of hydrogen-bond acceptors (Lipinski definition) is 7. The lowest BCUT2D eigenvalue weighted by atomic mass is 10.1. The molecular weight excluding hydrogens is 448 g/mol. The molecule has 0 saturated carbocycles. The van der Waals surface area contributed by atoms with Crippen LogP contribution in [0.5, 0.6) is 0 Å². The van der Waals surface area contributed by atoms with Crippen molar-refractivity contribution >= 4 is 51.8 Å². The lowest BCUT2D eigenvalue weighted by Crippen LogP contribution is -2.28. The number of aliphatic carboxylic acids is 2. The first-order chi connectivity index (χ1) is 14.6. The van der Waals surface area contributed by atoms with Gasteiger partial charge in [-0.25, -0.2) is 14.4 Å². The van der Waals surface area contributed by atoms with Crippen LogP contribution in [0, 0.1) is 13.8 Å². The molecule has 11 heteroatoms. The van der Waals surface area contributed by atoms with Gasteiger partial charge in [0.25, 0.3) is 0 Å². The summed E-state index contributed by atoms with van der Waals surface area (Å²) in [6, 6.07) is 7.44. The van der Waals surface area contributed by atoms with Crippen LogP contribution in [0.15, 0.2) is 24.3 Å². The van der Waals surface area contributed by atoms with Crippen molar-refractivity contribution in [1.82, 2.24) is 5.32 Å². The molecule has 2 aromatic rings. The largest absolute Gasteiger partial charge is 0.473 e. The van der Waals surface area contributed by atoms with Crippen molar-refractivity contribution in [2.45, 2.75) is 27.3 Å². The van der Waals surface area contributed by atoms with E-state index < -0.39 is 17.9 Å². The number of amides is 1. The molecule has 0 saturated heterocycles. The van der Waals surface area contributed by atoms with Gasteiger partial charge >= 0.3 is 17.9 Å². The molecule has 0 bridgehead atoms. The highest BCUT2D eigenvalue weighted by molar-refractivity contribution is 7.16. The molecule has 1 heterocycles. The molecule has 0 aliphatic carbocycles. The number of hydrogen-bond donors (Lipinski definition) is 4. The van der Waals surface area contributed by atoms with Crippen LogP contribution in [-0.2, 0) is 25.7 Å². The van der Waals surface area contributed by atoms with E-state index in [1.807, 2.05) is 32.0 Å². The first kappa shape index (κ1) is 26.1. The Labute approximate surface area is 188 Å². The van der Waals surface area contributed by atoms with E-state index in [4.69, 9.17) is 36.1 Å². The van der Waals surface area contributed by atoms with Crippen LogP contribution in [0.25, 0.3) is 0 Å². The van der Waals surface area contributed by atoms with Crippen LogP contribution in [-0.4, -0.2) is 47.2 Å². The average Bonchev–Trinajstić information content (AvgIpc) is 2.95. The Balaban J connectivity index is 0.000000703. The van der Waals surface area contributed by atoms with E-state index in [1.165, 1.54) is 11.3 Å². The van der Waals surface area contributed by atoms with Crippen LogP contribution in [0.2, 0.25) is 5.02 Å². The second-order valence-corrected chi connectivity index (χ2v) is 7.76. The number of halogens is 1. The fourth-order valence-corrected chi connectivity index (χ4v) is 3.58. The third-order valence-corrected chi connectivity index (χ3v) is 5.16. The predicted octanol–water partition coefficient (Wildman–Crippen LogP) is 3.08. The highest BCUT2D eigenvalue weighted by atomic mass is 35.5. The number of aryl methyl sites for hydroxylation is 1. The lowest BCUT2D eigenvalue weighted by Gasteiger charge is -2.08. The number of carbonyl (C=O) groups excluding carboxylic acids is 2. The fraction of sp³-hybridized carbons (Fsp3) is 0.300. The minimum atomic E-state index is -1.82. The Morgan fingerprint density at radius 2 is 1.77 bits per heavy atom. The van der Waals surface area contributed by atoms with Crippen LogP contribution >= 0.6 is 22.9 Å². The summed E-state index contributed by atoms with van der Waals surface area (Å²) in [5.74, 6) is -4.27. The predicted molar refractivity (Wildman–Crippen MR) is 117 cm³/mol. The summed E-state index contributed by atoms with van der Waals surface area (Å²) in [5, 5.41) is 21.8. The van der Waals surface area contributed by atoms with E-state index in [-0.39, 0.29) is 12.5 Å². The SMILES string of the molecule is CCOC(=O)c1c(NC(=O)CNCc2cccc(Cl)c2)sc(C)c1C.O=C(O)C(=O)O. The molecule has 0 fully saturated rings. The standard InChI is InChI=1S/C18H21ClN2O3S.C2H2O4/c1-4-24-18(23)16-11(2)12(3)25-17(16)21-15(22)10-20-9-13-6-5-7-14(19)8-13;3-1(4)2(5)6/h5-8,20H,4,9-10H2,1-3H3,(H,21,22);(H,3,4)(H,5,6). The Bertz CT molecular complexity index is 947. The molecule has 0 radical (unpaired) electrons. The topological polar surface area (TPSA) is 142 Å². The second-order valence-electron chi connectivity index (χ2n) is 6.10. The zero-order valence-electron chi connectivity index (χ0n) is 17.2. The van der Waals surface area contributed by atoms with Gasteiger partial charge in [0.15, 0.2) is 0 Å². The van der Waals surface area contributed by atoms with E-state index in [9.17, 15) is 9.59 Å². The second kappa shape index (κ2) is 12.7. The van der Waals surface area contributed by atoms with Crippen molar-refractivity contribution in [2.24, 2.45) is 0 Å². The third-order valence-electron chi connectivity index (χ3n) is 3.80. The first-order valence-electron chi connectivity index (χ1n) is 9.05. The van der Waals surface area contributed by atoms with Crippen molar-refractivity contribution in [3.8, 4) is 0 Å². The molecule has 1 amide bonds. The quantitative estimate of drug-likeness (QED) is 0.357. The van der Waals surface area contributed by atoms with E-state index in [1.54, 1.807) is 13.0 Å². The number of esters is 1. The van der Waals surface area contributed by atoms with Crippen molar-refractivity contribution in [3.05, 3.63) is 50.9 Å². The molecule has 9 nitrogen and oxygen atoms in total. The number of ether oxygens (including phenoxy) is 1. The van der Waals surface area contributed by atoms with Crippen LogP contribution in [0.1, 0.15) is 33.3 Å². The van der Waals surface area contributed by atoms with Crippen molar-refractivity contribution in [3.63, 3.8) is 0 Å². The molecule has 0 aliphatic heterocycles. The minimum absolute atomic E-state index is 0.130. The van der Waals surface area contributed by atoms with Crippen molar-refractivity contribution in [2.75, 3.05) is 18.5 Å². The van der Waals surface area contributed by atoms with Gasteiger partial charge in [-0.15, -0.1) is 11.3 Å². The molecule has 0 atom stereocenters. The Morgan fingerprint density at radius 1 is 1.13 bits per heavy atom. The van der Waals surface area contributed by atoms with Crippen LogP contribution in [0.4, 0.5) is 5.00 Å². The normalized spacial score (nSPS) is 9.94. The highest BCUT2D eigenvalue weighted by Gasteiger charge is 2.21. The van der Waals surface area contributed by atoms with E-state index in [2.05, 4.69) is 10.6 Å². The van der Waals surface area contributed by atoms with Crippen molar-refractivity contribution < 1.29 is 34.1 Å². The van der Waals surface area contributed by atoms with Gasteiger partial charge in [-0.3, -0.25) is 4.79 Å². The average molecular weight is 471 g/mol. The van der Waals surface area contributed by atoms with E-state index in [0.29, 0.717) is 28.7 Å². The van der Waals surface area contributed by atoms with E-state index in [0.717, 1.165) is 16.0 Å². The highest BCUT2D eigenvalue weighted by Crippen LogP contribution is 2.32. The number of carboxylic acids is 2. The zero-order valence-corrected chi connectivity index (χ0v) is 18.7. The fourth-order valence-electron chi connectivity index (χ4n) is 2.30. The maximum absolute atomic E-state index is 12.2. The Morgan fingerprint density at radius 3 is 2.32 bits per heavy atom. The summed E-state index contributed by atoms with van der Waals surface area (Å²) in [7, 11) is 0. The smallest absolute Gasteiger partial charge is 0.414 e. The number of carbonyl (C=O) groups is 4. The summed E-state index contributed by atoms with van der Waals surface area (Å²) in [6.45, 7) is 6.47. The summed E-state index contributed by atoms with van der Waals surface area (Å²) in [5.41, 5.74) is 2.27. The number of thiophene rings is 1. The maximum Gasteiger partial charge on any atom is 0.414 e. The number of anilines is 1. The van der Waals surface area contributed by atoms with Gasteiger partial charge in [-0.1, -0.05) is 23.7 Å². The molecule has 1 aromatic heterocycles. The molecule has 4 N–H and O–H groups in total. The molecule has 31 heavy (non-hydrogen) atoms. The van der Waals surface area contributed by atoms with Gasteiger partial charge in [-0.2, -0.15) is 0 Å². The molecule has 2 rings (SSSR count). The lowest BCUT2D eigenvalue weighted by molar-refractivity contribution is -0.159. The summed E-state index contributed by atoms with van der Waals surface area (Å²) in [4.78, 5) is 43.5. The number of benzene rings is 1. The maximum atomic E-state index is 12.2.